The van der Waals surface area contributed by atoms with E-state index in [0.717, 1.165) is 32.7 Å². The van der Waals surface area contributed by atoms with E-state index in [1.807, 2.05) is 18.2 Å². The second-order valence-corrected chi connectivity index (χ2v) is 6.59. The van der Waals surface area contributed by atoms with Crippen LogP contribution in [0.15, 0.2) is 48.7 Å². The Morgan fingerprint density at radius 2 is 1.96 bits per heavy atom. The first-order valence-electron chi connectivity index (χ1n) is 9.55. The number of anilines is 1. The molecule has 1 aliphatic heterocycles. The first-order valence-corrected chi connectivity index (χ1v) is 9.55. The molecule has 3 rings (SSSR count). The van der Waals surface area contributed by atoms with Gasteiger partial charge in [0.05, 0.1) is 6.61 Å². The average Bonchev–Trinajstić information content (AvgIpc) is 2.75. The maximum absolute atomic E-state index is 12.2. The molecule has 0 bridgehead atoms. The lowest BCUT2D eigenvalue weighted by Crippen LogP contribution is -2.47. The highest BCUT2D eigenvalue weighted by Crippen LogP contribution is 2.12. The van der Waals surface area contributed by atoms with Gasteiger partial charge in [-0.1, -0.05) is 42.5 Å². The van der Waals surface area contributed by atoms with Gasteiger partial charge in [-0.2, -0.15) is 0 Å². The molecule has 28 heavy (non-hydrogen) atoms. The molecule has 0 radical (unpaired) electrons. The van der Waals surface area contributed by atoms with Gasteiger partial charge in [-0.05, 0) is 11.6 Å². The molecule has 7 nitrogen and oxygen atoms in total. The van der Waals surface area contributed by atoms with E-state index in [0.29, 0.717) is 24.8 Å². The highest BCUT2D eigenvalue weighted by Gasteiger charge is 2.19. The molecule has 0 aliphatic carbocycles. The van der Waals surface area contributed by atoms with Crippen molar-refractivity contribution in [3.05, 3.63) is 59.9 Å². The van der Waals surface area contributed by atoms with E-state index in [1.165, 1.54) is 5.56 Å². The zero-order valence-electron chi connectivity index (χ0n) is 16.3. The van der Waals surface area contributed by atoms with Crippen molar-refractivity contribution in [2.24, 2.45) is 0 Å². The summed E-state index contributed by atoms with van der Waals surface area (Å²) in [4.78, 5) is 25.5. The van der Waals surface area contributed by atoms with E-state index in [9.17, 15) is 4.79 Å². The number of carbonyl (C=O) groups is 1. The summed E-state index contributed by atoms with van der Waals surface area (Å²) in [6, 6.07) is 12.0. The molecule has 0 saturated carbocycles. The number of nitrogens with zero attached hydrogens (tertiary/aromatic N) is 4. The molecule has 1 fully saturated rings. The molecule has 1 aromatic heterocycles. The van der Waals surface area contributed by atoms with Gasteiger partial charge in [-0.25, -0.2) is 9.97 Å². The lowest BCUT2D eigenvalue weighted by Gasteiger charge is -2.34. The molecule has 0 atom stereocenters. The molecular weight excluding hydrogens is 354 g/mol. The summed E-state index contributed by atoms with van der Waals surface area (Å²) in [6.45, 7) is 5.42. The molecule has 7 heteroatoms. The van der Waals surface area contributed by atoms with Crippen LogP contribution >= 0.6 is 0 Å². The maximum Gasteiger partial charge on any atom is 0.270 e. The van der Waals surface area contributed by atoms with Crippen molar-refractivity contribution in [2.45, 2.75) is 0 Å². The minimum absolute atomic E-state index is 0.203. The fraction of sp³-hybridized carbons (Fsp3) is 0.381. The summed E-state index contributed by atoms with van der Waals surface area (Å²) in [5.41, 5.74) is 1.60. The van der Waals surface area contributed by atoms with Gasteiger partial charge in [0.15, 0.2) is 0 Å². The maximum atomic E-state index is 12.2. The van der Waals surface area contributed by atoms with Crippen molar-refractivity contribution >= 4 is 17.9 Å². The lowest BCUT2D eigenvalue weighted by atomic mass is 10.2. The molecule has 1 N–H and O–H groups in total. The van der Waals surface area contributed by atoms with Crippen LogP contribution in [0, 0.1) is 0 Å². The highest BCUT2D eigenvalue weighted by molar-refractivity contribution is 5.92. The summed E-state index contributed by atoms with van der Waals surface area (Å²) in [5.74, 6) is 0.407. The summed E-state index contributed by atoms with van der Waals surface area (Å²) < 4.78 is 4.94. The zero-order valence-corrected chi connectivity index (χ0v) is 16.3. The Hall–Kier alpha value is -2.77. The lowest BCUT2D eigenvalue weighted by molar-refractivity contribution is 0.0932. The van der Waals surface area contributed by atoms with E-state index >= 15 is 0 Å². The highest BCUT2D eigenvalue weighted by atomic mass is 16.5. The Kier molecular flexibility index (Phi) is 7.52. The van der Waals surface area contributed by atoms with Gasteiger partial charge in [0, 0.05) is 52.6 Å². The van der Waals surface area contributed by atoms with Gasteiger partial charge >= 0.3 is 0 Å². The number of aromatic nitrogens is 2. The Bertz CT molecular complexity index is 773. The van der Waals surface area contributed by atoms with Crippen LogP contribution in [0.2, 0.25) is 0 Å². The van der Waals surface area contributed by atoms with Crippen LogP contribution in [0.1, 0.15) is 16.1 Å². The normalized spacial score (nSPS) is 15.1. The van der Waals surface area contributed by atoms with Crippen molar-refractivity contribution in [3.8, 4) is 0 Å². The number of benzene rings is 1. The van der Waals surface area contributed by atoms with E-state index < -0.39 is 0 Å². The van der Waals surface area contributed by atoms with Crippen LogP contribution in [0.4, 0.5) is 5.95 Å². The third-order valence-corrected chi connectivity index (χ3v) is 4.60. The monoisotopic (exact) mass is 381 g/mol. The van der Waals surface area contributed by atoms with Crippen LogP contribution in [-0.4, -0.2) is 73.8 Å². The molecule has 1 saturated heterocycles. The Morgan fingerprint density at radius 1 is 1.18 bits per heavy atom. The van der Waals surface area contributed by atoms with Gasteiger partial charge in [0.25, 0.3) is 5.91 Å². The third-order valence-electron chi connectivity index (χ3n) is 4.60. The summed E-state index contributed by atoms with van der Waals surface area (Å²) in [6.07, 6.45) is 6.00. The SMILES string of the molecule is COCCNC(=O)c1ccnc(N2CCN(C/C=C/c3ccccc3)CC2)n1. The second kappa shape index (κ2) is 10.5. The van der Waals surface area contributed by atoms with Crippen LogP contribution in [-0.2, 0) is 4.74 Å². The van der Waals surface area contributed by atoms with Crippen molar-refractivity contribution in [1.82, 2.24) is 20.2 Å². The van der Waals surface area contributed by atoms with Crippen LogP contribution in [0.3, 0.4) is 0 Å². The predicted octanol–water partition coefficient (Wildman–Crippen LogP) is 1.69. The van der Waals surface area contributed by atoms with Crippen LogP contribution < -0.4 is 10.2 Å². The molecule has 0 unspecified atom stereocenters. The molecule has 1 aromatic carbocycles. The molecule has 0 spiro atoms. The summed E-state index contributed by atoms with van der Waals surface area (Å²) >= 11 is 0. The summed E-state index contributed by atoms with van der Waals surface area (Å²) in [5, 5.41) is 2.79. The first kappa shape index (κ1) is 20.0. The van der Waals surface area contributed by atoms with Crippen molar-refractivity contribution in [3.63, 3.8) is 0 Å². The fourth-order valence-electron chi connectivity index (χ4n) is 3.02. The number of carbonyl (C=O) groups excluding carboxylic acids is 1. The molecule has 2 heterocycles. The number of rotatable bonds is 8. The van der Waals surface area contributed by atoms with Crippen molar-refractivity contribution in [1.29, 1.82) is 0 Å². The smallest absolute Gasteiger partial charge is 0.270 e. The molecule has 2 aromatic rings. The Morgan fingerprint density at radius 3 is 2.71 bits per heavy atom. The van der Waals surface area contributed by atoms with Gasteiger partial charge in [0.2, 0.25) is 5.95 Å². The Balaban J connectivity index is 1.48. The number of hydrogen-bond donors (Lipinski definition) is 1. The van der Waals surface area contributed by atoms with Crippen molar-refractivity contribution in [2.75, 3.05) is 57.9 Å². The first-order chi connectivity index (χ1) is 13.8. The van der Waals surface area contributed by atoms with E-state index in [4.69, 9.17) is 4.74 Å². The number of piperazine rings is 1. The third kappa shape index (κ3) is 5.87. The minimum atomic E-state index is -0.203. The molecular formula is C21H27N5O2. The van der Waals surface area contributed by atoms with Crippen LogP contribution in [0.25, 0.3) is 6.08 Å². The van der Waals surface area contributed by atoms with E-state index in [-0.39, 0.29) is 5.91 Å². The number of amides is 1. The van der Waals surface area contributed by atoms with Crippen LogP contribution in [0.5, 0.6) is 0 Å². The second-order valence-electron chi connectivity index (χ2n) is 6.59. The van der Waals surface area contributed by atoms with Crippen molar-refractivity contribution < 1.29 is 9.53 Å². The fourth-order valence-corrected chi connectivity index (χ4v) is 3.02. The number of nitrogens with one attached hydrogen (secondary N) is 1. The van der Waals surface area contributed by atoms with E-state index in [2.05, 4.69) is 49.4 Å². The standard InChI is InChI=1S/C21H27N5O2/c1-28-17-11-22-20(27)19-9-10-23-21(24-19)26-15-13-25(14-16-26)12-5-8-18-6-3-2-4-7-18/h2-10H,11-17H2,1H3,(H,22,27)/b8-5+. The number of hydrogen-bond acceptors (Lipinski definition) is 6. The quantitative estimate of drug-likeness (QED) is 0.702. The Labute approximate surface area is 166 Å². The van der Waals surface area contributed by atoms with Gasteiger partial charge in [-0.3, -0.25) is 9.69 Å². The predicted molar refractivity (Wildman–Crippen MR) is 110 cm³/mol. The molecule has 1 aliphatic rings. The number of ether oxygens (including phenoxy) is 1. The van der Waals surface area contributed by atoms with Gasteiger partial charge in [-0.15, -0.1) is 0 Å². The number of methoxy groups -OCH3 is 1. The largest absolute Gasteiger partial charge is 0.383 e. The van der Waals surface area contributed by atoms with Gasteiger partial charge in [0.1, 0.15) is 5.69 Å². The molecule has 148 valence electrons. The zero-order chi connectivity index (χ0) is 19.6. The minimum Gasteiger partial charge on any atom is -0.383 e. The topological polar surface area (TPSA) is 70.6 Å². The summed E-state index contributed by atoms with van der Waals surface area (Å²) in [7, 11) is 1.60. The molecule has 1 amide bonds. The van der Waals surface area contributed by atoms with E-state index in [1.54, 1.807) is 19.4 Å². The average molecular weight is 381 g/mol. The van der Waals surface area contributed by atoms with Gasteiger partial charge < -0.3 is 15.0 Å².